The summed E-state index contributed by atoms with van der Waals surface area (Å²) in [6.45, 7) is 6.10. The van der Waals surface area contributed by atoms with Crippen molar-refractivity contribution >= 4 is 21.9 Å². The van der Waals surface area contributed by atoms with Gasteiger partial charge in [-0.2, -0.15) is 0 Å². The van der Waals surface area contributed by atoms with Crippen LogP contribution in [0.2, 0.25) is 0 Å². The number of hydrogen-bond acceptors (Lipinski definition) is 5. The van der Waals surface area contributed by atoms with Gasteiger partial charge in [0.25, 0.3) is 0 Å². The van der Waals surface area contributed by atoms with E-state index in [9.17, 15) is 0 Å². The van der Waals surface area contributed by atoms with Gasteiger partial charge < -0.3 is 0 Å². The molecule has 0 saturated carbocycles. The summed E-state index contributed by atoms with van der Waals surface area (Å²) in [7, 11) is 0. The lowest BCUT2D eigenvalue weighted by Crippen LogP contribution is -2.52. The average Bonchev–Trinajstić information content (AvgIpc) is 2.64. The Morgan fingerprint density at radius 2 is 1.88 bits per heavy atom. The van der Waals surface area contributed by atoms with Gasteiger partial charge >= 0.3 is 0 Å². The third-order valence-corrected chi connectivity index (χ3v) is 4.71. The van der Waals surface area contributed by atoms with Gasteiger partial charge in [-0.1, -0.05) is 66.2 Å². The van der Waals surface area contributed by atoms with Crippen LogP contribution in [0.3, 0.4) is 0 Å². The van der Waals surface area contributed by atoms with Crippen LogP contribution in [0.4, 0.5) is 0 Å². The number of nitrogens with two attached hydrogens (primary N) is 2. The van der Waals surface area contributed by atoms with Gasteiger partial charge in [0.15, 0.2) is 0 Å². The summed E-state index contributed by atoms with van der Waals surface area (Å²) in [6.07, 6.45) is 0.795. The minimum absolute atomic E-state index is 0.00274. The number of benzene rings is 2. The molecule has 0 radical (unpaired) electrons. The molecule has 0 fully saturated rings. The number of aryl methyl sites for hydroxylation is 1. The molecule has 1 heterocycles. The fourth-order valence-electron chi connectivity index (χ4n) is 3.01. The fraction of sp³-hybridized carbons (Fsp3) is 0.316. The Hall–Kier alpha value is -1.89. The third kappa shape index (κ3) is 4.39. The van der Waals surface area contributed by atoms with Crippen LogP contribution in [0.1, 0.15) is 49.0 Å². The van der Waals surface area contributed by atoms with Crippen LogP contribution in [0.15, 0.2) is 58.0 Å². The van der Waals surface area contributed by atoms with Crippen molar-refractivity contribution in [1.82, 2.24) is 10.4 Å². The molecule has 2 atom stereocenters. The molecule has 0 bridgehead atoms. The normalized spacial score (nSPS) is 19.6. The summed E-state index contributed by atoms with van der Waals surface area (Å²) in [4.78, 5) is 4.66. The second-order valence-corrected chi connectivity index (χ2v) is 6.60. The van der Waals surface area contributed by atoms with Crippen molar-refractivity contribution in [3.05, 3.63) is 69.7 Å². The van der Waals surface area contributed by atoms with Crippen LogP contribution < -0.4 is 17.1 Å². The van der Waals surface area contributed by atoms with Crippen molar-refractivity contribution in [1.29, 1.82) is 0 Å². The van der Waals surface area contributed by atoms with Crippen LogP contribution in [0.25, 0.3) is 0 Å². The van der Waals surface area contributed by atoms with Crippen LogP contribution in [0, 0.1) is 6.92 Å². The van der Waals surface area contributed by atoms with Gasteiger partial charge in [-0.15, -0.1) is 0 Å². The SMILES string of the molecule is CC.Cc1ccccc1C1CC(c2cccc(Br)c2)N=C(NN)N1N. The van der Waals surface area contributed by atoms with Crippen LogP contribution in [0.5, 0.6) is 0 Å². The van der Waals surface area contributed by atoms with Crippen molar-refractivity contribution in [3.8, 4) is 0 Å². The first kappa shape index (κ1) is 19.4. The van der Waals surface area contributed by atoms with Crippen molar-refractivity contribution in [2.75, 3.05) is 0 Å². The van der Waals surface area contributed by atoms with Crippen LogP contribution in [-0.2, 0) is 0 Å². The smallest absolute Gasteiger partial charge is 0.224 e. The summed E-state index contributed by atoms with van der Waals surface area (Å²) >= 11 is 3.52. The maximum Gasteiger partial charge on any atom is 0.224 e. The van der Waals surface area contributed by atoms with E-state index in [1.54, 1.807) is 5.01 Å². The highest BCUT2D eigenvalue weighted by molar-refractivity contribution is 9.10. The highest BCUT2D eigenvalue weighted by Gasteiger charge is 2.31. The zero-order chi connectivity index (χ0) is 18.4. The van der Waals surface area contributed by atoms with Gasteiger partial charge in [0, 0.05) is 10.9 Å². The monoisotopic (exact) mass is 403 g/mol. The molecule has 2 aromatic carbocycles. The predicted octanol–water partition coefficient (Wildman–Crippen LogP) is 3.96. The van der Waals surface area contributed by atoms with Gasteiger partial charge in [0.1, 0.15) is 0 Å². The third-order valence-electron chi connectivity index (χ3n) is 4.22. The Morgan fingerprint density at radius 1 is 1.16 bits per heavy atom. The topological polar surface area (TPSA) is 79.7 Å². The number of hydrazine groups is 2. The summed E-state index contributed by atoms with van der Waals surface area (Å²) in [5, 5.41) is 1.62. The van der Waals surface area contributed by atoms with Gasteiger partial charge in [0.2, 0.25) is 5.96 Å². The molecular weight excluding hydrogens is 378 g/mol. The molecule has 134 valence electrons. The maximum atomic E-state index is 6.26. The van der Waals surface area contributed by atoms with Crippen LogP contribution in [-0.4, -0.2) is 11.0 Å². The number of guanidine groups is 1. The maximum absolute atomic E-state index is 6.26. The van der Waals surface area contributed by atoms with E-state index in [1.165, 1.54) is 11.1 Å². The zero-order valence-corrected chi connectivity index (χ0v) is 16.5. The van der Waals surface area contributed by atoms with Gasteiger partial charge in [-0.05, 0) is 35.7 Å². The molecule has 0 saturated heterocycles. The lowest BCUT2D eigenvalue weighted by Gasteiger charge is -2.37. The lowest BCUT2D eigenvalue weighted by molar-refractivity contribution is 0.259. The Labute approximate surface area is 158 Å². The van der Waals surface area contributed by atoms with Crippen molar-refractivity contribution in [2.24, 2.45) is 16.7 Å². The number of halogens is 1. The van der Waals surface area contributed by atoms with Crippen molar-refractivity contribution in [2.45, 2.75) is 39.3 Å². The van der Waals surface area contributed by atoms with Crippen molar-refractivity contribution in [3.63, 3.8) is 0 Å². The second-order valence-electron chi connectivity index (χ2n) is 5.68. The molecule has 5 nitrogen and oxygen atoms in total. The Bertz CT molecular complexity index is 731. The first-order valence-electron chi connectivity index (χ1n) is 8.49. The Balaban J connectivity index is 0.00000109. The molecule has 1 aliphatic rings. The van der Waals surface area contributed by atoms with E-state index in [2.05, 4.69) is 57.5 Å². The molecular formula is C19H26BrN5. The molecule has 25 heavy (non-hydrogen) atoms. The predicted molar refractivity (Wildman–Crippen MR) is 108 cm³/mol. The van der Waals surface area contributed by atoms with Crippen molar-refractivity contribution < 1.29 is 0 Å². The molecule has 0 aliphatic carbocycles. The molecule has 0 aromatic heterocycles. The van der Waals surface area contributed by atoms with E-state index >= 15 is 0 Å². The first-order valence-corrected chi connectivity index (χ1v) is 9.29. The number of hydrogen-bond donors (Lipinski definition) is 3. The van der Waals surface area contributed by atoms with Crippen LogP contribution >= 0.6 is 15.9 Å². The number of nitrogens with zero attached hydrogens (tertiary/aromatic N) is 2. The largest absolute Gasteiger partial charge is 0.293 e. The summed E-state index contributed by atoms with van der Waals surface area (Å²) < 4.78 is 1.04. The van der Waals surface area contributed by atoms with E-state index in [-0.39, 0.29) is 12.1 Å². The first-order chi connectivity index (χ1) is 12.1. The summed E-state index contributed by atoms with van der Waals surface area (Å²) in [6, 6.07) is 16.5. The Morgan fingerprint density at radius 3 is 2.52 bits per heavy atom. The number of rotatable bonds is 2. The number of aliphatic imine (C=N–C) groups is 1. The van der Waals surface area contributed by atoms with E-state index in [0.29, 0.717) is 5.96 Å². The van der Waals surface area contributed by atoms with Gasteiger partial charge in [-0.25, -0.2) is 16.7 Å². The molecule has 6 heteroatoms. The van der Waals surface area contributed by atoms with Gasteiger partial charge in [-0.3, -0.25) is 10.4 Å². The minimum atomic E-state index is 0.00274. The number of nitrogens with one attached hydrogen (secondary N) is 1. The molecule has 2 aromatic rings. The van der Waals surface area contributed by atoms with Gasteiger partial charge in [0.05, 0.1) is 12.1 Å². The average molecular weight is 404 g/mol. The summed E-state index contributed by atoms with van der Waals surface area (Å²) in [5.74, 6) is 12.4. The second kappa shape index (κ2) is 8.99. The lowest BCUT2D eigenvalue weighted by atomic mass is 9.91. The zero-order valence-electron chi connectivity index (χ0n) is 14.9. The fourth-order valence-corrected chi connectivity index (χ4v) is 3.43. The molecule has 5 N–H and O–H groups in total. The van der Waals surface area contributed by atoms with E-state index in [0.717, 1.165) is 16.5 Å². The molecule has 1 aliphatic heterocycles. The van der Waals surface area contributed by atoms with E-state index in [4.69, 9.17) is 11.7 Å². The summed E-state index contributed by atoms with van der Waals surface area (Å²) in [5.41, 5.74) is 6.16. The highest BCUT2D eigenvalue weighted by Crippen LogP contribution is 2.37. The molecule has 0 amide bonds. The quantitative estimate of drug-likeness (QED) is 0.523. The molecule has 0 spiro atoms. The molecule has 3 rings (SSSR count). The van der Waals surface area contributed by atoms with E-state index in [1.807, 2.05) is 38.1 Å². The standard InChI is InChI=1S/C17H20BrN5.C2H6/c1-11-5-2-3-8-14(11)16-10-15(21-17(22-19)23(16)20)12-6-4-7-13(18)9-12;1-2/h2-9,15-16H,10,19-20H2,1H3,(H,21,22);1-2H3. The van der Waals surface area contributed by atoms with E-state index < -0.39 is 0 Å². The Kier molecular flexibility index (Phi) is 6.99. The molecule has 2 unspecified atom stereocenters. The minimum Gasteiger partial charge on any atom is -0.293 e. The highest BCUT2D eigenvalue weighted by atomic mass is 79.9.